The number of H-pyrrole nitrogens is 1. The second-order valence-electron chi connectivity index (χ2n) is 4.16. The van der Waals surface area contributed by atoms with Crippen molar-refractivity contribution in [1.29, 1.82) is 0 Å². The summed E-state index contributed by atoms with van der Waals surface area (Å²) in [5, 5.41) is 29.5. The van der Waals surface area contributed by atoms with Gasteiger partial charge in [-0.05, 0) is 13.0 Å². The van der Waals surface area contributed by atoms with E-state index in [4.69, 9.17) is 0 Å². The maximum Gasteiger partial charge on any atom is 0.311 e. The molecule has 3 N–H and O–H groups in total. The molecule has 1 amide bonds. The number of aromatic nitrogens is 2. The molecule has 0 fully saturated rings. The van der Waals surface area contributed by atoms with Crippen molar-refractivity contribution >= 4 is 11.6 Å². The van der Waals surface area contributed by atoms with Crippen molar-refractivity contribution in [1.82, 2.24) is 15.5 Å². The number of para-hydroxylation sites is 1. The van der Waals surface area contributed by atoms with Gasteiger partial charge in [0.25, 0.3) is 5.91 Å². The lowest BCUT2D eigenvalue weighted by Gasteiger charge is -2.12. The molecule has 8 heteroatoms. The quantitative estimate of drug-likeness (QED) is 0.577. The number of nitrogens with one attached hydrogen (secondary N) is 2. The topological polar surface area (TPSA) is 121 Å². The number of phenolic OH excluding ortho intramolecular Hbond substituents is 1. The van der Waals surface area contributed by atoms with E-state index < -0.39 is 22.3 Å². The molecular formula is C12H12N4O4. The number of hydrogen-bond acceptors (Lipinski definition) is 5. The van der Waals surface area contributed by atoms with Crippen LogP contribution in [0, 0.1) is 10.1 Å². The summed E-state index contributed by atoms with van der Waals surface area (Å²) in [6, 6.07) is 3.45. The van der Waals surface area contributed by atoms with Gasteiger partial charge < -0.3 is 10.4 Å². The summed E-state index contributed by atoms with van der Waals surface area (Å²) in [5.41, 5.74) is 0.103. The fourth-order valence-corrected chi connectivity index (χ4v) is 1.72. The molecule has 2 aromatic rings. The van der Waals surface area contributed by atoms with Gasteiger partial charge in [-0.2, -0.15) is 5.10 Å². The van der Waals surface area contributed by atoms with Crippen LogP contribution in [0.15, 0.2) is 30.6 Å². The molecule has 1 unspecified atom stereocenters. The Bertz CT molecular complexity index is 639. The average molecular weight is 276 g/mol. The Hall–Kier alpha value is -2.90. The summed E-state index contributed by atoms with van der Waals surface area (Å²) in [6.45, 7) is 1.73. The summed E-state index contributed by atoms with van der Waals surface area (Å²) in [7, 11) is 0. The molecule has 1 atom stereocenters. The lowest BCUT2D eigenvalue weighted by molar-refractivity contribution is -0.385. The van der Waals surface area contributed by atoms with Crippen LogP contribution in [-0.2, 0) is 0 Å². The first-order valence-electron chi connectivity index (χ1n) is 5.76. The number of amides is 1. The third kappa shape index (κ3) is 2.58. The van der Waals surface area contributed by atoms with Gasteiger partial charge in [-0.1, -0.05) is 6.07 Å². The number of nitrogens with zero attached hydrogens (tertiary/aromatic N) is 2. The molecule has 0 saturated carbocycles. The second-order valence-corrected chi connectivity index (χ2v) is 4.16. The minimum absolute atomic E-state index is 0.144. The van der Waals surface area contributed by atoms with Crippen LogP contribution in [0.1, 0.15) is 28.9 Å². The fraction of sp³-hybridized carbons (Fsp3) is 0.167. The summed E-state index contributed by atoms with van der Waals surface area (Å²) in [4.78, 5) is 22.0. The van der Waals surface area contributed by atoms with Crippen LogP contribution in [0.3, 0.4) is 0 Å². The minimum atomic E-state index is -0.744. The standard InChI is InChI=1S/C12H12N4O4/c1-7(8-5-13-14-6-8)15-12(18)9-3-2-4-10(11(9)17)16(19)20/h2-7,17H,1H3,(H,13,14)(H,15,18). The molecule has 0 radical (unpaired) electrons. The summed E-state index contributed by atoms with van der Waals surface area (Å²) in [5.74, 6) is -1.24. The van der Waals surface area contributed by atoms with Gasteiger partial charge in [-0.3, -0.25) is 20.0 Å². The molecule has 1 aromatic heterocycles. The first-order valence-corrected chi connectivity index (χ1v) is 5.76. The number of rotatable bonds is 4. The predicted molar refractivity (Wildman–Crippen MR) is 69.2 cm³/mol. The van der Waals surface area contributed by atoms with Crippen molar-refractivity contribution in [2.45, 2.75) is 13.0 Å². The van der Waals surface area contributed by atoms with Crippen molar-refractivity contribution < 1.29 is 14.8 Å². The van der Waals surface area contributed by atoms with E-state index in [0.717, 1.165) is 11.6 Å². The molecule has 0 spiro atoms. The van der Waals surface area contributed by atoms with Gasteiger partial charge in [0.15, 0.2) is 0 Å². The van der Waals surface area contributed by atoms with Gasteiger partial charge >= 0.3 is 5.69 Å². The Labute approximate surface area is 113 Å². The Kier molecular flexibility index (Phi) is 3.65. The van der Waals surface area contributed by atoms with Crippen molar-refractivity contribution in [3.05, 3.63) is 51.8 Å². The Balaban J connectivity index is 2.22. The number of carbonyl (C=O) groups is 1. The number of nitro groups is 1. The summed E-state index contributed by atoms with van der Waals surface area (Å²) in [6.07, 6.45) is 3.18. The van der Waals surface area contributed by atoms with Crippen LogP contribution in [0.25, 0.3) is 0 Å². The number of aromatic hydroxyl groups is 1. The van der Waals surface area contributed by atoms with Gasteiger partial charge in [-0.25, -0.2) is 0 Å². The SMILES string of the molecule is CC(NC(=O)c1cccc([N+](=O)[O-])c1O)c1cn[nH]c1. The highest BCUT2D eigenvalue weighted by Gasteiger charge is 2.22. The molecule has 2 rings (SSSR count). The zero-order chi connectivity index (χ0) is 14.7. The minimum Gasteiger partial charge on any atom is -0.502 e. The van der Waals surface area contributed by atoms with E-state index in [1.807, 2.05) is 0 Å². The highest BCUT2D eigenvalue weighted by molar-refractivity contribution is 5.98. The molecule has 104 valence electrons. The number of phenols is 1. The van der Waals surface area contributed by atoms with E-state index in [9.17, 15) is 20.0 Å². The smallest absolute Gasteiger partial charge is 0.311 e. The fourth-order valence-electron chi connectivity index (χ4n) is 1.72. The lowest BCUT2D eigenvalue weighted by atomic mass is 10.1. The largest absolute Gasteiger partial charge is 0.502 e. The van der Waals surface area contributed by atoms with Crippen LogP contribution >= 0.6 is 0 Å². The highest BCUT2D eigenvalue weighted by atomic mass is 16.6. The molecule has 0 saturated heterocycles. The third-order valence-electron chi connectivity index (χ3n) is 2.82. The summed E-state index contributed by atoms with van der Waals surface area (Å²) < 4.78 is 0. The third-order valence-corrected chi connectivity index (χ3v) is 2.82. The molecule has 8 nitrogen and oxygen atoms in total. The maximum absolute atomic E-state index is 12.0. The van der Waals surface area contributed by atoms with E-state index in [1.165, 1.54) is 12.1 Å². The van der Waals surface area contributed by atoms with E-state index in [-0.39, 0.29) is 11.6 Å². The first kappa shape index (κ1) is 13.5. The molecule has 0 aliphatic rings. The monoisotopic (exact) mass is 276 g/mol. The molecule has 0 aliphatic heterocycles. The summed E-state index contributed by atoms with van der Waals surface area (Å²) >= 11 is 0. The Morgan fingerprint density at radius 1 is 1.55 bits per heavy atom. The van der Waals surface area contributed by atoms with Crippen LogP contribution in [-0.4, -0.2) is 26.1 Å². The number of nitro benzene ring substituents is 1. The first-order chi connectivity index (χ1) is 9.50. The number of hydrogen-bond donors (Lipinski definition) is 3. The second kappa shape index (κ2) is 5.39. The number of aromatic amines is 1. The van der Waals surface area contributed by atoms with Crippen LogP contribution in [0.5, 0.6) is 5.75 Å². The number of benzene rings is 1. The van der Waals surface area contributed by atoms with E-state index >= 15 is 0 Å². The van der Waals surface area contributed by atoms with Crippen molar-refractivity contribution in [2.75, 3.05) is 0 Å². The van der Waals surface area contributed by atoms with E-state index in [0.29, 0.717) is 0 Å². The van der Waals surface area contributed by atoms with Gasteiger partial charge in [-0.15, -0.1) is 0 Å². The lowest BCUT2D eigenvalue weighted by Crippen LogP contribution is -2.26. The highest BCUT2D eigenvalue weighted by Crippen LogP contribution is 2.29. The van der Waals surface area contributed by atoms with Gasteiger partial charge in [0, 0.05) is 17.8 Å². The van der Waals surface area contributed by atoms with E-state index in [1.54, 1.807) is 19.3 Å². The normalized spacial score (nSPS) is 11.8. The van der Waals surface area contributed by atoms with Crippen molar-refractivity contribution in [3.63, 3.8) is 0 Å². The molecular weight excluding hydrogens is 264 g/mol. The Morgan fingerprint density at radius 3 is 2.90 bits per heavy atom. The van der Waals surface area contributed by atoms with E-state index in [2.05, 4.69) is 15.5 Å². The predicted octanol–water partition coefficient (Wildman–Crippen LogP) is 1.51. The molecule has 1 heterocycles. The van der Waals surface area contributed by atoms with Gasteiger partial charge in [0.05, 0.1) is 22.7 Å². The van der Waals surface area contributed by atoms with Gasteiger partial charge in [0.1, 0.15) is 0 Å². The zero-order valence-corrected chi connectivity index (χ0v) is 10.5. The van der Waals surface area contributed by atoms with Crippen LogP contribution in [0.2, 0.25) is 0 Å². The van der Waals surface area contributed by atoms with Gasteiger partial charge in [0.2, 0.25) is 5.75 Å². The Morgan fingerprint density at radius 2 is 2.30 bits per heavy atom. The molecule has 0 bridgehead atoms. The van der Waals surface area contributed by atoms with Crippen LogP contribution in [0.4, 0.5) is 5.69 Å². The average Bonchev–Trinajstić information content (AvgIpc) is 2.92. The molecule has 1 aromatic carbocycles. The molecule has 0 aliphatic carbocycles. The van der Waals surface area contributed by atoms with Crippen molar-refractivity contribution in [2.24, 2.45) is 0 Å². The zero-order valence-electron chi connectivity index (χ0n) is 10.5. The van der Waals surface area contributed by atoms with Crippen molar-refractivity contribution in [3.8, 4) is 5.75 Å². The van der Waals surface area contributed by atoms with Crippen LogP contribution < -0.4 is 5.32 Å². The number of carbonyl (C=O) groups excluding carboxylic acids is 1. The maximum atomic E-state index is 12.0. The molecule has 20 heavy (non-hydrogen) atoms.